The average Bonchev–Trinajstić information content (AvgIpc) is 2.73. The molecule has 31 heavy (non-hydrogen) atoms. The number of benzene rings is 2. The van der Waals surface area contributed by atoms with Gasteiger partial charge in [0.25, 0.3) is 0 Å². The molecule has 0 aromatic heterocycles. The zero-order chi connectivity index (χ0) is 21.9. The Balaban J connectivity index is 0.00000480. The van der Waals surface area contributed by atoms with E-state index in [4.69, 9.17) is 9.47 Å². The molecule has 0 aliphatic heterocycles. The number of ether oxygens (including phenoxy) is 2. The van der Waals surface area contributed by atoms with Crippen molar-refractivity contribution in [3.8, 4) is 5.75 Å². The molecule has 0 aliphatic rings. The molecule has 0 saturated heterocycles. The number of halogens is 2. The Morgan fingerprint density at radius 3 is 2.19 bits per heavy atom. The molecule has 0 aliphatic carbocycles. The second kappa shape index (κ2) is 14.2. The number of aliphatic imine (C=N–C) groups is 1. The molecule has 3 N–H and O–H groups in total. The van der Waals surface area contributed by atoms with Crippen molar-refractivity contribution in [2.45, 2.75) is 39.1 Å². The molecule has 0 saturated carbocycles. The van der Waals surface area contributed by atoms with Gasteiger partial charge in [0.1, 0.15) is 11.6 Å². The number of nitrogens with one attached hydrogen (secondary N) is 2. The molecule has 0 heterocycles. The summed E-state index contributed by atoms with van der Waals surface area (Å²) in [5.74, 6) is 1.06. The van der Waals surface area contributed by atoms with Crippen LogP contribution >= 0.6 is 24.0 Å². The van der Waals surface area contributed by atoms with Gasteiger partial charge >= 0.3 is 0 Å². The highest BCUT2D eigenvalue weighted by atomic mass is 127. The lowest BCUT2D eigenvalue weighted by atomic mass is 10.1. The van der Waals surface area contributed by atoms with Crippen molar-refractivity contribution in [1.29, 1.82) is 0 Å². The lowest BCUT2D eigenvalue weighted by Gasteiger charge is -2.19. The average molecular weight is 545 g/mol. The third-order valence-electron chi connectivity index (χ3n) is 4.38. The molecule has 0 spiro atoms. The van der Waals surface area contributed by atoms with Crippen LogP contribution in [0, 0.1) is 5.82 Å². The normalized spacial score (nSPS) is 13.3. The SMILES string of the molecule is CCNC(=NCC(O)c1ccc(OC(C)C)cc1)NCC(OC)c1ccc(F)cc1.I. The van der Waals surface area contributed by atoms with Gasteiger partial charge in [0, 0.05) is 20.2 Å². The van der Waals surface area contributed by atoms with Gasteiger partial charge in [-0.1, -0.05) is 24.3 Å². The van der Waals surface area contributed by atoms with Gasteiger partial charge in [0.15, 0.2) is 5.96 Å². The third kappa shape index (κ3) is 9.40. The fourth-order valence-corrected chi connectivity index (χ4v) is 2.87. The summed E-state index contributed by atoms with van der Waals surface area (Å²) >= 11 is 0. The summed E-state index contributed by atoms with van der Waals surface area (Å²) in [5.41, 5.74) is 1.64. The quantitative estimate of drug-likeness (QED) is 0.237. The van der Waals surface area contributed by atoms with E-state index in [9.17, 15) is 9.50 Å². The van der Waals surface area contributed by atoms with E-state index in [-0.39, 0.29) is 48.5 Å². The molecule has 172 valence electrons. The van der Waals surface area contributed by atoms with Crippen LogP contribution in [0.5, 0.6) is 5.75 Å². The molecule has 2 aromatic rings. The summed E-state index contributed by atoms with van der Waals surface area (Å²) in [4.78, 5) is 4.47. The summed E-state index contributed by atoms with van der Waals surface area (Å²) in [6.07, 6.45) is -0.887. The maximum atomic E-state index is 13.1. The number of methoxy groups -OCH3 is 1. The Kier molecular flexibility index (Phi) is 12.4. The highest BCUT2D eigenvalue weighted by molar-refractivity contribution is 14.0. The van der Waals surface area contributed by atoms with Gasteiger partial charge in [0.05, 0.1) is 24.9 Å². The highest BCUT2D eigenvalue weighted by Gasteiger charge is 2.12. The first-order chi connectivity index (χ1) is 14.4. The van der Waals surface area contributed by atoms with Gasteiger partial charge in [-0.05, 0) is 56.2 Å². The number of hydrogen-bond donors (Lipinski definition) is 3. The number of aliphatic hydroxyl groups excluding tert-OH is 1. The fourth-order valence-electron chi connectivity index (χ4n) is 2.87. The van der Waals surface area contributed by atoms with Crippen molar-refractivity contribution in [3.63, 3.8) is 0 Å². The maximum Gasteiger partial charge on any atom is 0.191 e. The number of nitrogens with zero attached hydrogens (tertiary/aromatic N) is 1. The number of guanidine groups is 1. The molecule has 6 nitrogen and oxygen atoms in total. The van der Waals surface area contributed by atoms with Crippen molar-refractivity contribution in [1.82, 2.24) is 10.6 Å². The van der Waals surface area contributed by atoms with Crippen LogP contribution in [0.1, 0.15) is 44.1 Å². The Bertz CT molecular complexity index is 786. The standard InChI is InChI=1S/C23H32FN3O3.HI/c1-5-25-23(27-15-22(29-4)18-6-10-19(24)11-7-18)26-14-21(28)17-8-12-20(13-9-17)30-16(2)3;/h6-13,16,21-22,28H,5,14-15H2,1-4H3,(H2,25,26,27);1H. The van der Waals surface area contributed by atoms with Crippen molar-refractivity contribution < 1.29 is 19.0 Å². The van der Waals surface area contributed by atoms with Crippen LogP contribution in [0.25, 0.3) is 0 Å². The number of rotatable bonds is 10. The Labute approximate surface area is 201 Å². The molecule has 8 heteroatoms. The number of aliphatic hydroxyl groups is 1. The predicted octanol–water partition coefficient (Wildman–Crippen LogP) is 4.21. The zero-order valence-electron chi connectivity index (χ0n) is 18.5. The van der Waals surface area contributed by atoms with Crippen LogP contribution in [0.3, 0.4) is 0 Å². The van der Waals surface area contributed by atoms with Crippen LogP contribution < -0.4 is 15.4 Å². The van der Waals surface area contributed by atoms with Gasteiger partial charge in [0.2, 0.25) is 0 Å². The molecule has 0 bridgehead atoms. The van der Waals surface area contributed by atoms with Crippen molar-refractivity contribution >= 4 is 29.9 Å². The monoisotopic (exact) mass is 545 g/mol. The first-order valence-electron chi connectivity index (χ1n) is 10.2. The second-order valence-electron chi connectivity index (χ2n) is 7.13. The lowest BCUT2D eigenvalue weighted by molar-refractivity contribution is 0.106. The molecule has 2 atom stereocenters. The fraction of sp³-hybridized carbons (Fsp3) is 0.435. The zero-order valence-corrected chi connectivity index (χ0v) is 20.8. The van der Waals surface area contributed by atoms with Crippen molar-refractivity contribution in [2.75, 3.05) is 26.7 Å². The first kappa shape index (κ1) is 27.1. The Morgan fingerprint density at radius 1 is 1.03 bits per heavy atom. The van der Waals surface area contributed by atoms with E-state index in [1.807, 2.05) is 45.0 Å². The predicted molar refractivity (Wildman–Crippen MR) is 133 cm³/mol. The minimum Gasteiger partial charge on any atom is -0.491 e. The van der Waals surface area contributed by atoms with E-state index in [0.29, 0.717) is 19.0 Å². The molecule has 0 fully saturated rings. The summed E-state index contributed by atoms with van der Waals surface area (Å²) in [5, 5.41) is 16.8. The third-order valence-corrected chi connectivity index (χ3v) is 4.38. The molecule has 2 aromatic carbocycles. The topological polar surface area (TPSA) is 75.1 Å². The van der Waals surface area contributed by atoms with Crippen molar-refractivity contribution in [3.05, 3.63) is 65.5 Å². The van der Waals surface area contributed by atoms with Gasteiger partial charge < -0.3 is 25.2 Å². The van der Waals surface area contributed by atoms with Crippen LogP contribution in [-0.4, -0.2) is 43.9 Å². The van der Waals surface area contributed by atoms with E-state index >= 15 is 0 Å². The van der Waals surface area contributed by atoms with Crippen LogP contribution in [0.15, 0.2) is 53.5 Å². The van der Waals surface area contributed by atoms with Crippen molar-refractivity contribution in [2.24, 2.45) is 4.99 Å². The van der Waals surface area contributed by atoms with E-state index in [2.05, 4.69) is 15.6 Å². The van der Waals surface area contributed by atoms with Crippen LogP contribution in [0.4, 0.5) is 4.39 Å². The van der Waals surface area contributed by atoms with Gasteiger partial charge in [-0.15, -0.1) is 24.0 Å². The second-order valence-corrected chi connectivity index (χ2v) is 7.13. The van der Waals surface area contributed by atoms with E-state index in [0.717, 1.165) is 16.9 Å². The molecule has 0 radical (unpaired) electrons. The minimum atomic E-state index is -0.733. The van der Waals surface area contributed by atoms with Gasteiger partial charge in [-0.2, -0.15) is 0 Å². The van der Waals surface area contributed by atoms with E-state index < -0.39 is 6.10 Å². The maximum absolute atomic E-state index is 13.1. The number of hydrogen-bond acceptors (Lipinski definition) is 4. The van der Waals surface area contributed by atoms with Gasteiger partial charge in [-0.3, -0.25) is 4.99 Å². The van der Waals surface area contributed by atoms with Crippen LogP contribution in [0.2, 0.25) is 0 Å². The summed E-state index contributed by atoms with van der Waals surface area (Å²) < 4.78 is 24.3. The highest BCUT2D eigenvalue weighted by Crippen LogP contribution is 2.19. The lowest BCUT2D eigenvalue weighted by Crippen LogP contribution is -2.40. The van der Waals surface area contributed by atoms with Gasteiger partial charge in [-0.25, -0.2) is 4.39 Å². The molecular weight excluding hydrogens is 512 g/mol. The minimum absolute atomic E-state index is 0. The summed E-state index contributed by atoms with van der Waals surface area (Å²) in [6.45, 7) is 7.24. The smallest absolute Gasteiger partial charge is 0.191 e. The van der Waals surface area contributed by atoms with Crippen LogP contribution in [-0.2, 0) is 4.74 Å². The molecule has 2 rings (SSSR count). The Morgan fingerprint density at radius 2 is 1.65 bits per heavy atom. The summed E-state index contributed by atoms with van der Waals surface area (Å²) in [6, 6.07) is 13.6. The molecular formula is C23H33FIN3O3. The van der Waals surface area contributed by atoms with E-state index in [1.165, 1.54) is 12.1 Å². The molecule has 0 amide bonds. The first-order valence-corrected chi connectivity index (χ1v) is 10.2. The van der Waals surface area contributed by atoms with E-state index in [1.54, 1.807) is 19.2 Å². The molecule has 2 unspecified atom stereocenters. The summed E-state index contributed by atoms with van der Waals surface area (Å²) in [7, 11) is 1.61. The Hall–Kier alpha value is -1.91. The largest absolute Gasteiger partial charge is 0.491 e.